The highest BCUT2D eigenvalue weighted by molar-refractivity contribution is 5.83. The zero-order chi connectivity index (χ0) is 19.1. The third-order valence-electron chi connectivity index (χ3n) is 5.37. The van der Waals surface area contributed by atoms with Crippen LogP contribution in [0.1, 0.15) is 38.2 Å². The lowest BCUT2D eigenvalue weighted by molar-refractivity contribution is -0.137. The number of rotatable bonds is 4. The average Bonchev–Trinajstić information content (AvgIpc) is 2.70. The summed E-state index contributed by atoms with van der Waals surface area (Å²) in [5, 5.41) is 0. The highest BCUT2D eigenvalue weighted by Gasteiger charge is 2.35. The van der Waals surface area contributed by atoms with Gasteiger partial charge in [-0.15, -0.1) is 0 Å². The molecule has 1 heterocycles. The number of carbonyl (C=O) groups is 2. The van der Waals surface area contributed by atoms with Crippen molar-refractivity contribution in [2.75, 3.05) is 19.7 Å². The maximum absolute atomic E-state index is 12.3. The van der Waals surface area contributed by atoms with Crippen LogP contribution in [-0.4, -0.2) is 36.7 Å². The van der Waals surface area contributed by atoms with Gasteiger partial charge in [0.15, 0.2) is 0 Å². The van der Waals surface area contributed by atoms with E-state index in [1.807, 2.05) is 36.4 Å². The molecule has 1 saturated heterocycles. The molecule has 1 aromatic rings. The summed E-state index contributed by atoms with van der Waals surface area (Å²) in [6.45, 7) is 3.92. The molecule has 0 radical (unpaired) electrons. The summed E-state index contributed by atoms with van der Waals surface area (Å²) in [5.74, 6) is -0.274. The number of amides is 1. The Morgan fingerprint density at radius 2 is 1.85 bits per heavy atom. The van der Waals surface area contributed by atoms with Crippen molar-refractivity contribution < 1.29 is 19.1 Å². The lowest BCUT2D eigenvalue weighted by atomic mass is 9.71. The van der Waals surface area contributed by atoms with Crippen LogP contribution in [-0.2, 0) is 20.9 Å². The van der Waals surface area contributed by atoms with Crippen LogP contribution in [0.3, 0.4) is 0 Å². The van der Waals surface area contributed by atoms with Crippen molar-refractivity contribution in [3.8, 4) is 0 Å². The molecule has 1 spiro atoms. The first-order valence-corrected chi connectivity index (χ1v) is 9.62. The lowest BCUT2D eigenvalue weighted by Gasteiger charge is -2.41. The van der Waals surface area contributed by atoms with Gasteiger partial charge in [0.1, 0.15) is 6.61 Å². The quantitative estimate of drug-likeness (QED) is 0.588. The number of hydrogen-bond acceptors (Lipinski definition) is 4. The van der Waals surface area contributed by atoms with Gasteiger partial charge in [0.2, 0.25) is 0 Å². The van der Waals surface area contributed by atoms with E-state index in [-0.39, 0.29) is 17.5 Å². The van der Waals surface area contributed by atoms with E-state index in [2.05, 4.69) is 6.08 Å². The van der Waals surface area contributed by atoms with Crippen LogP contribution < -0.4 is 0 Å². The smallest absolute Gasteiger partial charge is 0.410 e. The predicted molar refractivity (Wildman–Crippen MR) is 103 cm³/mol. The molecule has 27 heavy (non-hydrogen) atoms. The predicted octanol–water partition coefficient (Wildman–Crippen LogP) is 4.24. The van der Waals surface area contributed by atoms with Gasteiger partial charge in [-0.2, -0.15) is 0 Å². The number of ether oxygens (including phenoxy) is 2. The van der Waals surface area contributed by atoms with Crippen LogP contribution in [0.2, 0.25) is 0 Å². The van der Waals surface area contributed by atoms with Gasteiger partial charge in [0, 0.05) is 19.2 Å². The summed E-state index contributed by atoms with van der Waals surface area (Å²) in [6, 6.07) is 9.72. The van der Waals surface area contributed by atoms with Gasteiger partial charge in [-0.05, 0) is 49.2 Å². The van der Waals surface area contributed by atoms with Crippen molar-refractivity contribution >= 4 is 12.1 Å². The third-order valence-corrected chi connectivity index (χ3v) is 5.37. The van der Waals surface area contributed by atoms with E-state index in [4.69, 9.17) is 9.47 Å². The molecule has 3 rings (SSSR count). The third kappa shape index (κ3) is 5.22. The Balaban J connectivity index is 1.48. The number of nitrogens with zero attached hydrogens (tertiary/aromatic N) is 1. The molecular formula is C22H27NO4. The summed E-state index contributed by atoms with van der Waals surface area (Å²) in [7, 11) is 0. The molecule has 0 unspecified atom stereocenters. The van der Waals surface area contributed by atoms with E-state index in [1.54, 1.807) is 17.9 Å². The minimum atomic E-state index is -0.274. The van der Waals surface area contributed by atoms with E-state index >= 15 is 0 Å². The van der Waals surface area contributed by atoms with Crippen LogP contribution in [0, 0.1) is 5.41 Å². The molecule has 5 heteroatoms. The molecule has 0 aromatic heterocycles. The van der Waals surface area contributed by atoms with E-state index in [9.17, 15) is 9.59 Å². The highest BCUT2D eigenvalue weighted by Crippen LogP contribution is 2.42. The fourth-order valence-electron chi connectivity index (χ4n) is 3.66. The second-order valence-corrected chi connectivity index (χ2v) is 7.19. The van der Waals surface area contributed by atoms with Gasteiger partial charge in [-0.1, -0.05) is 42.5 Å². The first kappa shape index (κ1) is 19.2. The molecule has 0 N–H and O–H groups in total. The van der Waals surface area contributed by atoms with E-state index < -0.39 is 0 Å². The van der Waals surface area contributed by atoms with Gasteiger partial charge in [0.25, 0.3) is 0 Å². The lowest BCUT2D eigenvalue weighted by Crippen LogP contribution is -2.43. The highest BCUT2D eigenvalue weighted by atomic mass is 16.6. The second kappa shape index (κ2) is 8.89. The average molecular weight is 369 g/mol. The second-order valence-electron chi connectivity index (χ2n) is 7.19. The molecule has 0 bridgehead atoms. The van der Waals surface area contributed by atoms with Crippen LogP contribution in [0.15, 0.2) is 54.1 Å². The van der Waals surface area contributed by atoms with E-state index in [0.717, 1.165) is 36.8 Å². The van der Waals surface area contributed by atoms with Crippen molar-refractivity contribution in [1.82, 2.24) is 4.90 Å². The van der Waals surface area contributed by atoms with E-state index in [0.29, 0.717) is 26.3 Å². The van der Waals surface area contributed by atoms with Gasteiger partial charge in [-0.3, -0.25) is 0 Å². The Morgan fingerprint density at radius 3 is 2.48 bits per heavy atom. The van der Waals surface area contributed by atoms with Gasteiger partial charge >= 0.3 is 12.1 Å². The number of carbonyl (C=O) groups excluding carboxylic acids is 2. The van der Waals surface area contributed by atoms with Crippen LogP contribution in [0.25, 0.3) is 0 Å². The Hall–Kier alpha value is -2.56. The van der Waals surface area contributed by atoms with Crippen molar-refractivity contribution in [2.24, 2.45) is 5.41 Å². The maximum atomic E-state index is 12.3. The summed E-state index contributed by atoms with van der Waals surface area (Å²) < 4.78 is 10.4. The van der Waals surface area contributed by atoms with Crippen molar-refractivity contribution in [3.63, 3.8) is 0 Å². The number of allylic oxidation sites excluding steroid dienone is 3. The zero-order valence-electron chi connectivity index (χ0n) is 15.9. The number of hydrogen-bond donors (Lipinski definition) is 0. The number of piperidine rings is 1. The van der Waals surface area contributed by atoms with Crippen molar-refractivity contribution in [1.29, 1.82) is 0 Å². The summed E-state index contributed by atoms with van der Waals surface area (Å²) >= 11 is 0. The Morgan fingerprint density at radius 1 is 1.11 bits per heavy atom. The van der Waals surface area contributed by atoms with Crippen LogP contribution >= 0.6 is 0 Å². The summed E-state index contributed by atoms with van der Waals surface area (Å²) in [5.41, 5.74) is 2.14. The minimum absolute atomic E-state index is 0.127. The van der Waals surface area contributed by atoms with E-state index in [1.165, 1.54) is 0 Å². The molecule has 144 valence electrons. The molecule has 1 fully saturated rings. The molecule has 2 aliphatic rings. The fraction of sp³-hybridized carbons (Fsp3) is 0.455. The van der Waals surface area contributed by atoms with Crippen molar-refractivity contribution in [2.45, 2.75) is 39.2 Å². The maximum Gasteiger partial charge on any atom is 0.410 e. The van der Waals surface area contributed by atoms with Crippen LogP contribution in [0.4, 0.5) is 4.79 Å². The van der Waals surface area contributed by atoms with Gasteiger partial charge in [-0.25, -0.2) is 9.59 Å². The fourth-order valence-corrected chi connectivity index (χ4v) is 3.66. The number of esters is 1. The molecule has 1 aliphatic heterocycles. The first-order valence-electron chi connectivity index (χ1n) is 9.62. The standard InChI is InChI=1S/C22H27NO4/c1-2-26-20(24)16-18-8-10-22(11-9-18)12-14-23(15-13-22)21(25)27-17-19-6-4-3-5-7-19/h3-8,10,16H,2,9,11-15,17H2,1H3/b18-16+. The van der Waals surface area contributed by atoms with Gasteiger partial charge < -0.3 is 14.4 Å². The Bertz CT molecular complexity index is 715. The normalized spacial score (nSPS) is 19.9. The molecule has 0 saturated carbocycles. The molecule has 1 aliphatic carbocycles. The molecule has 1 amide bonds. The number of likely N-dealkylation sites (tertiary alicyclic amines) is 1. The SMILES string of the molecule is CCOC(=O)/C=C1\C=CC2(CC1)CCN(C(=O)OCc1ccccc1)CC2. The summed E-state index contributed by atoms with van der Waals surface area (Å²) in [6.07, 6.45) is 9.33. The minimum Gasteiger partial charge on any atom is -0.463 e. The largest absolute Gasteiger partial charge is 0.463 e. The van der Waals surface area contributed by atoms with Crippen LogP contribution in [0.5, 0.6) is 0 Å². The molecule has 5 nitrogen and oxygen atoms in total. The first-order chi connectivity index (χ1) is 13.1. The Labute approximate surface area is 160 Å². The van der Waals surface area contributed by atoms with Crippen molar-refractivity contribution in [3.05, 3.63) is 59.7 Å². The van der Waals surface area contributed by atoms with Gasteiger partial charge in [0.05, 0.1) is 6.61 Å². The molecule has 0 atom stereocenters. The molecular weight excluding hydrogens is 342 g/mol. The Kier molecular flexibility index (Phi) is 6.32. The monoisotopic (exact) mass is 369 g/mol. The molecule has 1 aromatic carbocycles. The zero-order valence-corrected chi connectivity index (χ0v) is 15.9. The summed E-state index contributed by atoms with van der Waals surface area (Å²) in [4.78, 5) is 25.7. The number of benzene rings is 1. The topological polar surface area (TPSA) is 55.8 Å².